The van der Waals surface area contributed by atoms with Gasteiger partial charge >= 0.3 is 0 Å². The van der Waals surface area contributed by atoms with Gasteiger partial charge in [0.1, 0.15) is 5.75 Å². The molecule has 1 aliphatic rings. The minimum atomic E-state index is -0.151. The molecule has 0 spiro atoms. The second-order valence-electron chi connectivity index (χ2n) is 7.30. The number of carbonyl (C=O) groups excluding carboxylic acids is 1. The van der Waals surface area contributed by atoms with Gasteiger partial charge in [-0.05, 0) is 42.2 Å². The van der Waals surface area contributed by atoms with Crippen LogP contribution in [-0.2, 0) is 4.79 Å². The fourth-order valence-electron chi connectivity index (χ4n) is 3.19. The number of ether oxygens (including phenoxy) is 1. The number of hydrogen-bond donors (Lipinski definition) is 1. The lowest BCUT2D eigenvalue weighted by Crippen LogP contribution is -2.25. The summed E-state index contributed by atoms with van der Waals surface area (Å²) in [5.41, 5.74) is 4.84. The molecule has 7 heteroatoms. The Morgan fingerprint density at radius 2 is 2.03 bits per heavy atom. The summed E-state index contributed by atoms with van der Waals surface area (Å²) in [6.07, 6.45) is 1.85. The van der Waals surface area contributed by atoms with Crippen LogP contribution < -0.4 is 14.9 Å². The van der Waals surface area contributed by atoms with Crippen LogP contribution in [0.1, 0.15) is 37.8 Å². The first-order valence-electron chi connectivity index (χ1n) is 9.97. The molecule has 2 heterocycles. The monoisotopic (exact) mass is 420 g/mol. The Balaban J connectivity index is 1.71. The van der Waals surface area contributed by atoms with Crippen LogP contribution in [0.4, 0.5) is 5.69 Å². The molecule has 0 unspecified atom stereocenters. The van der Waals surface area contributed by atoms with E-state index in [0.29, 0.717) is 23.9 Å². The van der Waals surface area contributed by atoms with Gasteiger partial charge in [0.15, 0.2) is 6.61 Å². The highest BCUT2D eigenvalue weighted by Crippen LogP contribution is 2.32. The minimum absolute atomic E-state index is 0.0459. The van der Waals surface area contributed by atoms with Crippen LogP contribution in [0.15, 0.2) is 57.9 Å². The summed E-state index contributed by atoms with van der Waals surface area (Å²) < 4.78 is 7.31. The van der Waals surface area contributed by atoms with Crippen molar-refractivity contribution < 1.29 is 9.53 Å². The van der Waals surface area contributed by atoms with Crippen molar-refractivity contribution in [2.75, 3.05) is 18.5 Å². The normalized spacial score (nSPS) is 14.1. The van der Waals surface area contributed by atoms with Gasteiger partial charge in [0.25, 0.3) is 5.91 Å². The quantitative estimate of drug-likeness (QED) is 0.619. The zero-order valence-electron chi connectivity index (χ0n) is 17.3. The molecule has 0 saturated heterocycles. The lowest BCUT2D eigenvalue weighted by atomic mass is 10.0. The summed E-state index contributed by atoms with van der Waals surface area (Å²) in [6.45, 7) is 7.09. The maximum absolute atomic E-state index is 11.7. The van der Waals surface area contributed by atoms with Crippen molar-refractivity contribution in [2.45, 2.75) is 26.7 Å². The molecular formula is C23H24N4O2S. The van der Waals surface area contributed by atoms with Crippen molar-refractivity contribution in [3.8, 4) is 17.0 Å². The van der Waals surface area contributed by atoms with Crippen LogP contribution >= 0.6 is 11.3 Å². The summed E-state index contributed by atoms with van der Waals surface area (Å²) in [7, 11) is 0. The molecule has 0 aliphatic carbocycles. The molecule has 4 rings (SSSR count). The second-order valence-corrected chi connectivity index (χ2v) is 8.14. The van der Waals surface area contributed by atoms with Crippen LogP contribution in [0.2, 0.25) is 0 Å². The van der Waals surface area contributed by atoms with Gasteiger partial charge in [0.05, 0.1) is 17.6 Å². The number of amides is 1. The van der Waals surface area contributed by atoms with Crippen molar-refractivity contribution in [3.63, 3.8) is 0 Å². The highest BCUT2D eigenvalue weighted by molar-refractivity contribution is 7.07. The Morgan fingerprint density at radius 1 is 1.23 bits per heavy atom. The number of fused-ring (bicyclic) bond motifs is 1. The van der Waals surface area contributed by atoms with E-state index in [-0.39, 0.29) is 12.5 Å². The average molecular weight is 421 g/mol. The number of thiazole rings is 1. The summed E-state index contributed by atoms with van der Waals surface area (Å²) in [6, 6.07) is 14.2. The maximum Gasteiger partial charge on any atom is 0.262 e. The van der Waals surface area contributed by atoms with E-state index >= 15 is 0 Å². The fraction of sp³-hybridized carbons (Fsp3) is 0.261. The Kier molecular flexibility index (Phi) is 5.81. The molecule has 1 aliphatic heterocycles. The zero-order valence-corrected chi connectivity index (χ0v) is 18.1. The van der Waals surface area contributed by atoms with Gasteiger partial charge in [-0.1, -0.05) is 38.1 Å². The van der Waals surface area contributed by atoms with E-state index in [4.69, 9.17) is 9.84 Å². The fourth-order valence-corrected chi connectivity index (χ4v) is 4.09. The third-order valence-electron chi connectivity index (χ3n) is 4.81. The molecule has 6 nitrogen and oxygen atoms in total. The Hall–Kier alpha value is -3.19. The standard InChI is InChI=1S/C23H24N4O2S/c1-4-24-23-27(25-12-16-5-7-17(8-6-16)15(2)3)20(14-30-23)18-9-10-21-19(11-18)26-22(28)13-29-21/h5-12,14-15H,4,13H2,1-3H3,(H,26,28). The number of rotatable bonds is 5. The van der Waals surface area contributed by atoms with Crippen molar-refractivity contribution in [2.24, 2.45) is 10.1 Å². The molecule has 0 saturated carbocycles. The number of nitrogens with one attached hydrogen (secondary N) is 1. The van der Waals surface area contributed by atoms with Crippen LogP contribution in [0.5, 0.6) is 5.75 Å². The van der Waals surface area contributed by atoms with Gasteiger partial charge in [-0.25, -0.2) is 4.68 Å². The van der Waals surface area contributed by atoms with E-state index in [1.807, 2.05) is 41.4 Å². The molecule has 1 aromatic heterocycles. The van der Waals surface area contributed by atoms with Crippen LogP contribution in [0, 0.1) is 0 Å². The van der Waals surface area contributed by atoms with Gasteiger partial charge in [-0.2, -0.15) is 5.10 Å². The van der Waals surface area contributed by atoms with E-state index in [0.717, 1.165) is 21.6 Å². The lowest BCUT2D eigenvalue weighted by Gasteiger charge is -2.18. The van der Waals surface area contributed by atoms with Gasteiger partial charge in [-0.15, -0.1) is 11.3 Å². The minimum Gasteiger partial charge on any atom is -0.482 e. The molecule has 0 radical (unpaired) electrons. The number of nitrogens with zero attached hydrogens (tertiary/aromatic N) is 3. The van der Waals surface area contributed by atoms with Crippen molar-refractivity contribution in [1.29, 1.82) is 0 Å². The van der Waals surface area contributed by atoms with Crippen molar-refractivity contribution in [3.05, 3.63) is 63.8 Å². The zero-order chi connectivity index (χ0) is 21.1. The second kappa shape index (κ2) is 8.67. The summed E-state index contributed by atoms with van der Waals surface area (Å²) in [4.78, 5) is 17.1. The molecular weight excluding hydrogens is 396 g/mol. The first-order valence-corrected chi connectivity index (χ1v) is 10.9. The van der Waals surface area contributed by atoms with Crippen molar-refractivity contribution >= 4 is 29.1 Å². The largest absolute Gasteiger partial charge is 0.482 e. The smallest absolute Gasteiger partial charge is 0.262 e. The molecule has 0 bridgehead atoms. The molecule has 30 heavy (non-hydrogen) atoms. The lowest BCUT2D eigenvalue weighted by molar-refractivity contribution is -0.118. The SMILES string of the molecule is CCN=c1scc(-c2ccc3c(c2)NC(=O)CO3)n1N=Cc1ccc(C(C)C)cc1. The summed E-state index contributed by atoms with van der Waals surface area (Å²) in [5.74, 6) is 1.02. The first kappa shape index (κ1) is 20.1. The third-order valence-corrected chi connectivity index (χ3v) is 5.67. The average Bonchev–Trinajstić information content (AvgIpc) is 3.14. The Bertz CT molecular complexity index is 1160. The molecule has 0 fully saturated rings. The number of anilines is 1. The van der Waals surface area contributed by atoms with Crippen LogP contribution in [-0.4, -0.2) is 29.9 Å². The highest BCUT2D eigenvalue weighted by Gasteiger charge is 2.17. The van der Waals surface area contributed by atoms with Gasteiger partial charge in [0.2, 0.25) is 4.80 Å². The molecule has 1 amide bonds. The van der Waals surface area contributed by atoms with Gasteiger partial charge < -0.3 is 10.1 Å². The van der Waals surface area contributed by atoms with Gasteiger partial charge in [0, 0.05) is 17.5 Å². The number of benzene rings is 2. The Labute approximate surface area is 179 Å². The first-order chi connectivity index (χ1) is 14.5. The van der Waals surface area contributed by atoms with E-state index in [1.54, 1.807) is 0 Å². The van der Waals surface area contributed by atoms with Gasteiger partial charge in [-0.3, -0.25) is 9.79 Å². The predicted octanol–water partition coefficient (Wildman–Crippen LogP) is 4.47. The van der Waals surface area contributed by atoms with E-state index in [9.17, 15) is 4.79 Å². The summed E-state index contributed by atoms with van der Waals surface area (Å²) in [5, 5.41) is 9.61. The predicted molar refractivity (Wildman–Crippen MR) is 121 cm³/mol. The molecule has 154 valence electrons. The van der Waals surface area contributed by atoms with E-state index in [2.05, 4.69) is 48.4 Å². The van der Waals surface area contributed by atoms with E-state index in [1.165, 1.54) is 16.9 Å². The highest BCUT2D eigenvalue weighted by atomic mass is 32.1. The molecule has 0 atom stereocenters. The summed E-state index contributed by atoms with van der Waals surface area (Å²) >= 11 is 1.54. The maximum atomic E-state index is 11.7. The van der Waals surface area contributed by atoms with Crippen molar-refractivity contribution in [1.82, 2.24) is 4.68 Å². The number of carbonyl (C=O) groups is 1. The van der Waals surface area contributed by atoms with Crippen LogP contribution in [0.3, 0.4) is 0 Å². The van der Waals surface area contributed by atoms with E-state index < -0.39 is 0 Å². The third kappa shape index (κ3) is 4.21. The number of hydrogen-bond acceptors (Lipinski definition) is 5. The number of aromatic nitrogens is 1. The van der Waals surface area contributed by atoms with Crippen LogP contribution in [0.25, 0.3) is 11.3 Å². The molecule has 3 aromatic rings. The Morgan fingerprint density at radius 3 is 2.77 bits per heavy atom. The topological polar surface area (TPSA) is 68.0 Å². The molecule has 2 aromatic carbocycles. The molecule has 1 N–H and O–H groups in total.